The number of carbonyl (C=O) groups is 1. The summed E-state index contributed by atoms with van der Waals surface area (Å²) in [5.41, 5.74) is 2.36. The molecule has 0 radical (unpaired) electrons. The molecule has 0 aliphatic carbocycles. The van der Waals surface area contributed by atoms with Crippen LogP contribution in [0.3, 0.4) is 0 Å². The molecule has 2 N–H and O–H groups in total. The number of benzene rings is 2. The van der Waals surface area contributed by atoms with E-state index < -0.39 is 11.7 Å². The number of halogens is 1. The van der Waals surface area contributed by atoms with Crippen LogP contribution in [-0.4, -0.2) is 10.9 Å². The number of hydrogen-bond acceptors (Lipinski definition) is 3. The molecule has 24 heavy (non-hydrogen) atoms. The largest absolute Gasteiger partial charge is 0.339 e. The van der Waals surface area contributed by atoms with Crippen molar-refractivity contribution in [1.29, 1.82) is 0 Å². The van der Waals surface area contributed by atoms with E-state index in [4.69, 9.17) is 0 Å². The predicted molar refractivity (Wildman–Crippen MR) is 93.1 cm³/mol. The van der Waals surface area contributed by atoms with E-state index in [0.717, 1.165) is 11.3 Å². The molecule has 0 unspecified atom stereocenters. The quantitative estimate of drug-likeness (QED) is 0.742. The Labute approximate surface area is 139 Å². The number of aromatic nitrogens is 1. The maximum absolute atomic E-state index is 13.7. The van der Waals surface area contributed by atoms with Crippen LogP contribution in [0.1, 0.15) is 15.9 Å². The molecule has 1 amide bonds. The van der Waals surface area contributed by atoms with Crippen molar-refractivity contribution < 1.29 is 9.18 Å². The van der Waals surface area contributed by atoms with Crippen molar-refractivity contribution >= 4 is 23.1 Å². The molecule has 0 aliphatic heterocycles. The molecule has 3 aromatic rings. The molecule has 0 saturated carbocycles. The number of pyridine rings is 1. The number of rotatable bonds is 4. The van der Waals surface area contributed by atoms with Gasteiger partial charge < -0.3 is 10.6 Å². The predicted octanol–water partition coefficient (Wildman–Crippen LogP) is 4.53. The summed E-state index contributed by atoms with van der Waals surface area (Å²) in [6.07, 6.45) is 1.60. The number of para-hydroxylation sites is 2. The van der Waals surface area contributed by atoms with E-state index in [0.29, 0.717) is 11.4 Å². The minimum atomic E-state index is -0.483. The Morgan fingerprint density at radius 3 is 2.42 bits per heavy atom. The Morgan fingerprint density at radius 2 is 1.67 bits per heavy atom. The first-order chi connectivity index (χ1) is 11.6. The molecule has 0 saturated heterocycles. The van der Waals surface area contributed by atoms with Crippen molar-refractivity contribution in [2.45, 2.75) is 6.92 Å². The molecule has 3 rings (SSSR count). The summed E-state index contributed by atoms with van der Waals surface area (Å²) >= 11 is 0. The van der Waals surface area contributed by atoms with Gasteiger partial charge in [0.2, 0.25) is 0 Å². The van der Waals surface area contributed by atoms with Gasteiger partial charge >= 0.3 is 0 Å². The summed E-state index contributed by atoms with van der Waals surface area (Å²) in [6, 6.07) is 17.1. The normalized spacial score (nSPS) is 10.2. The fraction of sp³-hybridized carbons (Fsp3) is 0.0526. The third kappa shape index (κ3) is 3.41. The van der Waals surface area contributed by atoms with Crippen LogP contribution in [0.4, 0.5) is 21.6 Å². The van der Waals surface area contributed by atoms with Crippen LogP contribution in [0.15, 0.2) is 66.9 Å². The van der Waals surface area contributed by atoms with Gasteiger partial charge in [0.15, 0.2) is 0 Å². The lowest BCUT2D eigenvalue weighted by atomic mass is 10.2. The summed E-state index contributed by atoms with van der Waals surface area (Å²) in [4.78, 5) is 16.7. The average Bonchev–Trinajstić information content (AvgIpc) is 2.59. The third-order valence-electron chi connectivity index (χ3n) is 3.57. The molecule has 1 heterocycles. The van der Waals surface area contributed by atoms with E-state index in [9.17, 15) is 9.18 Å². The summed E-state index contributed by atoms with van der Waals surface area (Å²) in [7, 11) is 0. The van der Waals surface area contributed by atoms with Gasteiger partial charge in [-0.15, -0.1) is 0 Å². The van der Waals surface area contributed by atoms with Crippen LogP contribution in [-0.2, 0) is 0 Å². The maximum atomic E-state index is 13.7. The third-order valence-corrected chi connectivity index (χ3v) is 3.57. The monoisotopic (exact) mass is 321 g/mol. The lowest BCUT2D eigenvalue weighted by Gasteiger charge is -2.13. The molecule has 1 aromatic heterocycles. The maximum Gasteiger partial charge on any atom is 0.259 e. The smallest absolute Gasteiger partial charge is 0.259 e. The number of amides is 1. The van der Waals surface area contributed by atoms with E-state index in [1.54, 1.807) is 30.5 Å². The Kier molecular flexibility index (Phi) is 4.52. The van der Waals surface area contributed by atoms with Crippen molar-refractivity contribution in [3.8, 4) is 0 Å². The van der Waals surface area contributed by atoms with E-state index in [-0.39, 0.29) is 5.69 Å². The Bertz CT molecular complexity index is 880. The van der Waals surface area contributed by atoms with Gasteiger partial charge in [0.25, 0.3) is 5.91 Å². The molecular formula is C19H16FN3O. The van der Waals surface area contributed by atoms with Gasteiger partial charge in [-0.05, 0) is 42.8 Å². The van der Waals surface area contributed by atoms with E-state index >= 15 is 0 Å². The van der Waals surface area contributed by atoms with Gasteiger partial charge in [-0.3, -0.25) is 4.79 Å². The van der Waals surface area contributed by atoms with Crippen molar-refractivity contribution in [1.82, 2.24) is 4.98 Å². The van der Waals surface area contributed by atoms with Crippen LogP contribution < -0.4 is 10.6 Å². The zero-order chi connectivity index (χ0) is 16.9. The Balaban J connectivity index is 1.88. The van der Waals surface area contributed by atoms with Crippen molar-refractivity contribution in [2.24, 2.45) is 0 Å². The number of anilines is 3. The highest BCUT2D eigenvalue weighted by Gasteiger charge is 2.14. The van der Waals surface area contributed by atoms with Gasteiger partial charge in [0.1, 0.15) is 11.6 Å². The van der Waals surface area contributed by atoms with Crippen LogP contribution in [0.25, 0.3) is 0 Å². The summed E-state index contributed by atoms with van der Waals surface area (Å²) in [6.45, 7) is 1.96. The molecule has 0 aliphatic rings. The first-order valence-electron chi connectivity index (χ1n) is 7.48. The molecule has 0 bridgehead atoms. The van der Waals surface area contributed by atoms with Gasteiger partial charge in [-0.1, -0.05) is 30.3 Å². The summed E-state index contributed by atoms with van der Waals surface area (Å²) in [5, 5.41) is 5.73. The summed E-state index contributed by atoms with van der Waals surface area (Å²) < 4.78 is 13.7. The zero-order valence-electron chi connectivity index (χ0n) is 13.1. The molecule has 2 aromatic carbocycles. The Morgan fingerprint density at radius 1 is 0.958 bits per heavy atom. The Hall–Kier alpha value is -3.21. The molecule has 5 heteroatoms. The first-order valence-corrected chi connectivity index (χ1v) is 7.48. The van der Waals surface area contributed by atoms with Gasteiger partial charge in [0, 0.05) is 11.9 Å². The topological polar surface area (TPSA) is 54.0 Å². The van der Waals surface area contributed by atoms with E-state index in [1.165, 1.54) is 12.1 Å². The fourth-order valence-electron chi connectivity index (χ4n) is 2.28. The van der Waals surface area contributed by atoms with E-state index in [2.05, 4.69) is 15.6 Å². The van der Waals surface area contributed by atoms with E-state index in [1.807, 2.05) is 31.2 Å². The fourth-order valence-corrected chi connectivity index (χ4v) is 2.28. The molecule has 120 valence electrons. The van der Waals surface area contributed by atoms with Crippen LogP contribution in [0, 0.1) is 12.7 Å². The number of nitrogens with zero attached hydrogens (tertiary/aromatic N) is 1. The second-order valence-electron chi connectivity index (χ2n) is 5.27. The zero-order valence-corrected chi connectivity index (χ0v) is 13.1. The summed E-state index contributed by atoms with van der Waals surface area (Å²) in [5.74, 6) is -0.493. The second kappa shape index (κ2) is 6.91. The molecule has 4 nitrogen and oxygen atoms in total. The van der Waals surface area contributed by atoms with Crippen molar-refractivity contribution in [2.75, 3.05) is 10.6 Å². The number of hydrogen-bond donors (Lipinski definition) is 2. The molecule has 0 fully saturated rings. The molecular weight excluding hydrogens is 305 g/mol. The van der Waals surface area contributed by atoms with Crippen LogP contribution in [0.2, 0.25) is 0 Å². The average molecular weight is 321 g/mol. The first kappa shape index (κ1) is 15.7. The lowest BCUT2D eigenvalue weighted by molar-refractivity contribution is 0.102. The number of carbonyl (C=O) groups excluding carboxylic acids is 1. The standard InChI is InChI=1S/C19H16FN3O/c1-13-7-2-4-10-16(13)22-18-14(8-6-12-21-18)19(24)23-17-11-5-3-9-15(17)20/h2-12H,1H3,(H,21,22)(H,23,24). The molecule has 0 atom stereocenters. The van der Waals surface area contributed by atoms with Gasteiger partial charge in [-0.2, -0.15) is 0 Å². The van der Waals surface area contributed by atoms with Gasteiger partial charge in [0.05, 0.1) is 11.3 Å². The second-order valence-corrected chi connectivity index (χ2v) is 5.27. The van der Waals surface area contributed by atoms with Gasteiger partial charge in [-0.25, -0.2) is 9.37 Å². The minimum absolute atomic E-state index is 0.133. The number of aryl methyl sites for hydroxylation is 1. The highest BCUT2D eigenvalue weighted by molar-refractivity contribution is 6.07. The van der Waals surface area contributed by atoms with Crippen molar-refractivity contribution in [3.63, 3.8) is 0 Å². The SMILES string of the molecule is Cc1ccccc1Nc1ncccc1C(=O)Nc1ccccc1F. The van der Waals surface area contributed by atoms with Crippen LogP contribution in [0.5, 0.6) is 0 Å². The minimum Gasteiger partial charge on any atom is -0.339 e. The van der Waals surface area contributed by atoms with Crippen molar-refractivity contribution in [3.05, 3.63) is 83.8 Å². The number of nitrogens with one attached hydrogen (secondary N) is 2. The highest BCUT2D eigenvalue weighted by atomic mass is 19.1. The lowest BCUT2D eigenvalue weighted by Crippen LogP contribution is -2.15. The van der Waals surface area contributed by atoms with Crippen LogP contribution >= 0.6 is 0 Å². The highest BCUT2D eigenvalue weighted by Crippen LogP contribution is 2.22. The molecule has 0 spiro atoms.